The second-order valence-corrected chi connectivity index (χ2v) is 9.62. The minimum Gasteiger partial charge on any atom is -0.385 e. The van der Waals surface area contributed by atoms with Gasteiger partial charge in [0.15, 0.2) is 0 Å². The molecule has 1 unspecified atom stereocenters. The van der Waals surface area contributed by atoms with E-state index in [1.807, 2.05) is 0 Å². The first-order chi connectivity index (χ1) is 12.4. The van der Waals surface area contributed by atoms with Gasteiger partial charge in [-0.1, -0.05) is 84.0 Å². The monoisotopic (exact) mass is 387 g/mol. The summed E-state index contributed by atoms with van der Waals surface area (Å²) < 4.78 is 25.3. The minimum atomic E-state index is -3.72. The first kappa shape index (κ1) is 22.9. The molecule has 152 valence electrons. The average molecular weight is 388 g/mol. The van der Waals surface area contributed by atoms with Crippen LogP contribution in [0, 0.1) is 0 Å². The van der Waals surface area contributed by atoms with E-state index in [1.54, 1.807) is 6.92 Å². The van der Waals surface area contributed by atoms with E-state index in [9.17, 15) is 13.2 Å². The molecule has 2 N–H and O–H groups in total. The maximum Gasteiger partial charge on any atom is 0.264 e. The van der Waals surface area contributed by atoms with Gasteiger partial charge in [0, 0.05) is 0 Å². The second kappa shape index (κ2) is 12.3. The van der Waals surface area contributed by atoms with E-state index in [4.69, 9.17) is 5.73 Å². The summed E-state index contributed by atoms with van der Waals surface area (Å²) in [6.45, 7) is 3.89. The van der Waals surface area contributed by atoms with Gasteiger partial charge in [0.05, 0.1) is 11.7 Å². The molecule has 0 fully saturated rings. The number of nitrogens with zero attached hydrogens (tertiary/aromatic N) is 2. The summed E-state index contributed by atoms with van der Waals surface area (Å²) in [7, 11) is -3.72. The molecule has 1 aliphatic rings. The van der Waals surface area contributed by atoms with Crippen LogP contribution < -0.4 is 5.73 Å². The Labute approximate surface area is 159 Å². The molecule has 1 rings (SSSR count). The highest BCUT2D eigenvalue weighted by atomic mass is 32.2. The fourth-order valence-electron chi connectivity index (χ4n) is 3.22. The maximum absolute atomic E-state index is 12.4. The van der Waals surface area contributed by atoms with Crippen LogP contribution in [0.3, 0.4) is 0 Å². The summed E-state index contributed by atoms with van der Waals surface area (Å²) in [4.78, 5) is 11.7. The number of sulfonamides is 1. The molecule has 0 radical (unpaired) electrons. The van der Waals surface area contributed by atoms with Crippen LogP contribution in [0.2, 0.25) is 0 Å². The van der Waals surface area contributed by atoms with Crippen molar-refractivity contribution in [2.75, 3.05) is 0 Å². The van der Waals surface area contributed by atoms with Gasteiger partial charge in [-0.3, -0.25) is 4.79 Å². The lowest BCUT2D eigenvalue weighted by Gasteiger charge is -2.18. The molecule has 1 heterocycles. The number of carbonyl (C=O) groups excluding carboxylic acids is 1. The first-order valence-electron chi connectivity index (χ1n) is 10.3. The Bertz CT molecular complexity index is 546. The predicted octanol–water partition coefficient (Wildman–Crippen LogP) is 4.30. The highest BCUT2D eigenvalue weighted by molar-refractivity contribution is 7.90. The predicted molar refractivity (Wildman–Crippen MR) is 107 cm³/mol. The summed E-state index contributed by atoms with van der Waals surface area (Å²) in [6.07, 6.45) is 15.4. The average Bonchev–Trinajstić information content (AvgIpc) is 2.94. The fraction of sp³-hybridized carbons (Fsp3) is 0.895. The Morgan fingerprint density at radius 2 is 1.42 bits per heavy atom. The molecule has 0 saturated heterocycles. The highest BCUT2D eigenvalue weighted by Gasteiger charge is 2.36. The van der Waals surface area contributed by atoms with Gasteiger partial charge in [-0.05, 0) is 13.3 Å². The molecule has 1 amide bonds. The lowest BCUT2D eigenvalue weighted by molar-refractivity contribution is -0.124. The number of hydrogen-bond donors (Lipinski definition) is 1. The molecule has 0 aromatic carbocycles. The zero-order valence-electron chi connectivity index (χ0n) is 16.6. The van der Waals surface area contributed by atoms with Gasteiger partial charge in [-0.2, -0.15) is 0 Å². The fourth-order valence-corrected chi connectivity index (χ4v) is 4.59. The van der Waals surface area contributed by atoms with Crippen molar-refractivity contribution in [3.8, 4) is 0 Å². The smallest absolute Gasteiger partial charge is 0.264 e. The number of nitrogens with two attached hydrogens (primary N) is 1. The molecular formula is C19H37N3O3S. The largest absolute Gasteiger partial charge is 0.385 e. The van der Waals surface area contributed by atoms with Crippen molar-refractivity contribution in [2.24, 2.45) is 10.8 Å². The first-order valence-corrected chi connectivity index (χ1v) is 11.8. The Balaban J connectivity index is 2.06. The number of hydrazone groups is 1. The van der Waals surface area contributed by atoms with Crippen molar-refractivity contribution in [2.45, 2.75) is 109 Å². The van der Waals surface area contributed by atoms with E-state index in [-0.39, 0.29) is 12.3 Å². The molecular weight excluding hydrogens is 350 g/mol. The van der Waals surface area contributed by atoms with Crippen molar-refractivity contribution in [1.82, 2.24) is 4.41 Å². The van der Waals surface area contributed by atoms with Crippen LogP contribution in [-0.2, 0) is 14.8 Å². The van der Waals surface area contributed by atoms with Crippen LogP contribution in [0.4, 0.5) is 0 Å². The molecule has 26 heavy (non-hydrogen) atoms. The number of carbonyl (C=O) groups is 1. The van der Waals surface area contributed by atoms with Crippen LogP contribution in [0.1, 0.15) is 104 Å². The number of unbranched alkanes of at least 4 members (excludes halogenated alkanes) is 11. The van der Waals surface area contributed by atoms with Crippen LogP contribution in [0.15, 0.2) is 5.10 Å². The van der Waals surface area contributed by atoms with Gasteiger partial charge < -0.3 is 5.73 Å². The third-order valence-corrected chi connectivity index (χ3v) is 7.00. The molecule has 0 bridgehead atoms. The van der Waals surface area contributed by atoms with E-state index in [2.05, 4.69) is 12.0 Å². The maximum atomic E-state index is 12.4. The van der Waals surface area contributed by atoms with Gasteiger partial charge >= 0.3 is 0 Å². The van der Waals surface area contributed by atoms with Crippen molar-refractivity contribution in [3.63, 3.8) is 0 Å². The Morgan fingerprint density at radius 3 is 1.85 bits per heavy atom. The number of amides is 1. The van der Waals surface area contributed by atoms with E-state index in [1.165, 1.54) is 57.8 Å². The molecule has 0 aromatic heterocycles. The molecule has 7 heteroatoms. The molecule has 6 nitrogen and oxygen atoms in total. The summed E-state index contributed by atoms with van der Waals surface area (Å²) >= 11 is 0. The Kier molecular flexibility index (Phi) is 10.9. The second-order valence-electron chi connectivity index (χ2n) is 7.44. The van der Waals surface area contributed by atoms with Gasteiger partial charge in [-0.25, -0.2) is 8.42 Å². The summed E-state index contributed by atoms with van der Waals surface area (Å²) in [5.74, 6) is -0.486. The molecule has 1 aliphatic heterocycles. The number of rotatable bonds is 15. The minimum absolute atomic E-state index is 0.0659. The van der Waals surface area contributed by atoms with Gasteiger partial charge in [-0.15, -0.1) is 9.52 Å². The van der Waals surface area contributed by atoms with Crippen LogP contribution in [0.5, 0.6) is 0 Å². The Hall–Kier alpha value is -1.11. The van der Waals surface area contributed by atoms with E-state index < -0.39 is 21.2 Å². The third-order valence-electron chi connectivity index (χ3n) is 4.98. The van der Waals surface area contributed by atoms with E-state index in [0.29, 0.717) is 10.8 Å². The van der Waals surface area contributed by atoms with Gasteiger partial charge in [0.1, 0.15) is 5.84 Å². The highest BCUT2D eigenvalue weighted by Crippen LogP contribution is 2.20. The van der Waals surface area contributed by atoms with E-state index >= 15 is 0 Å². The van der Waals surface area contributed by atoms with E-state index in [0.717, 1.165) is 19.3 Å². The van der Waals surface area contributed by atoms with Crippen molar-refractivity contribution in [1.29, 1.82) is 0 Å². The standard InChI is InChI=1S/C19H37N3O3S/c1-3-4-5-6-7-8-9-10-11-12-13-14-15-17(2)26(24,25)22-19(23)16-18(20)21-22/h17H,3-16H2,1-2H3,(H2,20,21). The Morgan fingerprint density at radius 1 is 0.962 bits per heavy atom. The third kappa shape index (κ3) is 8.06. The van der Waals surface area contributed by atoms with Gasteiger partial charge in [0.25, 0.3) is 15.9 Å². The molecule has 0 aliphatic carbocycles. The quantitative estimate of drug-likeness (QED) is 0.424. The molecule has 0 saturated carbocycles. The molecule has 1 atom stereocenters. The molecule has 0 aromatic rings. The summed E-state index contributed by atoms with van der Waals surface area (Å²) in [5.41, 5.74) is 5.46. The summed E-state index contributed by atoms with van der Waals surface area (Å²) in [5, 5.41) is 3.05. The van der Waals surface area contributed by atoms with Crippen molar-refractivity contribution in [3.05, 3.63) is 0 Å². The zero-order chi connectivity index (χ0) is 19.4. The topological polar surface area (TPSA) is 92.8 Å². The SMILES string of the molecule is CCCCCCCCCCCCCCC(C)S(=O)(=O)N1N=C(N)CC1=O. The number of amidine groups is 1. The molecule has 0 spiro atoms. The normalized spacial score (nSPS) is 16.2. The summed E-state index contributed by atoms with van der Waals surface area (Å²) in [6, 6.07) is 0. The van der Waals surface area contributed by atoms with Crippen molar-refractivity contribution >= 4 is 21.8 Å². The van der Waals surface area contributed by atoms with Crippen LogP contribution in [0.25, 0.3) is 0 Å². The van der Waals surface area contributed by atoms with Gasteiger partial charge in [0.2, 0.25) is 0 Å². The zero-order valence-corrected chi connectivity index (χ0v) is 17.4. The van der Waals surface area contributed by atoms with Crippen LogP contribution in [-0.4, -0.2) is 29.8 Å². The van der Waals surface area contributed by atoms with Crippen molar-refractivity contribution < 1.29 is 13.2 Å². The van der Waals surface area contributed by atoms with Crippen LogP contribution >= 0.6 is 0 Å². The lowest BCUT2D eigenvalue weighted by atomic mass is 10.0. The number of hydrogen-bond acceptors (Lipinski definition) is 5. The lowest BCUT2D eigenvalue weighted by Crippen LogP contribution is -2.35.